The fraction of sp³-hybridized carbons (Fsp3) is 0.812. The summed E-state index contributed by atoms with van der Waals surface area (Å²) in [4.78, 5) is 0. The van der Waals surface area contributed by atoms with Gasteiger partial charge in [0.25, 0.3) is 0 Å². The monoisotopic (exact) mass is 261 g/mol. The molecule has 1 aromatic rings. The van der Waals surface area contributed by atoms with Crippen molar-refractivity contribution in [1.82, 2.24) is 15.1 Å². The summed E-state index contributed by atoms with van der Waals surface area (Å²) in [6.07, 6.45) is 12.8. The first-order valence-corrected chi connectivity index (χ1v) is 8.10. The van der Waals surface area contributed by atoms with E-state index in [9.17, 15) is 0 Å². The standard InChI is InChI=1S/C16H27N3/c1-13-6-5-10-17-16(13)12-14-9-11-19(18-14)15-7-3-2-4-8-15/h9,11,13,15-17H,2-8,10,12H2,1H3. The first-order valence-electron chi connectivity index (χ1n) is 8.10. The zero-order chi connectivity index (χ0) is 13.1. The maximum atomic E-state index is 4.84. The van der Waals surface area contributed by atoms with E-state index in [4.69, 9.17) is 5.10 Å². The van der Waals surface area contributed by atoms with Gasteiger partial charge in [0.15, 0.2) is 0 Å². The molecule has 1 saturated heterocycles. The van der Waals surface area contributed by atoms with E-state index in [-0.39, 0.29) is 0 Å². The van der Waals surface area contributed by atoms with Crippen LogP contribution < -0.4 is 5.32 Å². The van der Waals surface area contributed by atoms with Crippen LogP contribution in [0.1, 0.15) is 63.6 Å². The molecule has 1 aromatic heterocycles. The molecule has 3 heteroatoms. The minimum Gasteiger partial charge on any atom is -0.313 e. The number of hydrogen-bond donors (Lipinski definition) is 1. The van der Waals surface area contributed by atoms with Crippen LogP contribution in [0.2, 0.25) is 0 Å². The van der Waals surface area contributed by atoms with Gasteiger partial charge in [-0.15, -0.1) is 0 Å². The Morgan fingerprint density at radius 1 is 1.21 bits per heavy atom. The lowest BCUT2D eigenvalue weighted by atomic mass is 9.90. The molecule has 1 N–H and O–H groups in total. The summed E-state index contributed by atoms with van der Waals surface area (Å²) in [7, 11) is 0. The van der Waals surface area contributed by atoms with Crippen molar-refractivity contribution in [2.24, 2.45) is 5.92 Å². The molecule has 0 spiro atoms. The van der Waals surface area contributed by atoms with Crippen molar-refractivity contribution in [3.8, 4) is 0 Å². The summed E-state index contributed by atoms with van der Waals surface area (Å²) in [5, 5.41) is 8.50. The number of piperidine rings is 1. The smallest absolute Gasteiger partial charge is 0.0640 e. The minimum absolute atomic E-state index is 0.628. The third-order valence-electron chi connectivity index (χ3n) is 4.97. The summed E-state index contributed by atoms with van der Waals surface area (Å²) >= 11 is 0. The van der Waals surface area contributed by atoms with Crippen molar-refractivity contribution in [2.45, 2.75) is 70.4 Å². The van der Waals surface area contributed by atoms with Crippen LogP contribution in [0, 0.1) is 5.92 Å². The summed E-state index contributed by atoms with van der Waals surface area (Å²) < 4.78 is 2.24. The molecule has 0 aromatic carbocycles. The maximum Gasteiger partial charge on any atom is 0.0640 e. The first kappa shape index (κ1) is 13.2. The van der Waals surface area contributed by atoms with Gasteiger partial charge in [0.05, 0.1) is 11.7 Å². The Balaban J connectivity index is 1.60. The summed E-state index contributed by atoms with van der Waals surface area (Å²) in [6, 6.07) is 3.53. The van der Waals surface area contributed by atoms with Gasteiger partial charge in [-0.25, -0.2) is 0 Å². The molecule has 3 rings (SSSR count). The molecule has 1 saturated carbocycles. The highest BCUT2D eigenvalue weighted by atomic mass is 15.3. The van der Waals surface area contributed by atoms with Gasteiger partial charge in [-0.2, -0.15) is 5.10 Å². The molecule has 3 nitrogen and oxygen atoms in total. The van der Waals surface area contributed by atoms with Crippen LogP contribution in [0.25, 0.3) is 0 Å². The van der Waals surface area contributed by atoms with E-state index in [1.807, 2.05) is 0 Å². The zero-order valence-electron chi connectivity index (χ0n) is 12.1. The molecule has 2 aliphatic rings. The SMILES string of the molecule is CC1CCCNC1Cc1ccn(C2CCCCC2)n1. The Morgan fingerprint density at radius 3 is 2.84 bits per heavy atom. The van der Waals surface area contributed by atoms with Crippen LogP contribution in [-0.2, 0) is 6.42 Å². The lowest BCUT2D eigenvalue weighted by Crippen LogP contribution is -2.41. The topological polar surface area (TPSA) is 29.9 Å². The summed E-state index contributed by atoms with van der Waals surface area (Å²) in [5.74, 6) is 0.786. The predicted molar refractivity (Wildman–Crippen MR) is 78.2 cm³/mol. The van der Waals surface area contributed by atoms with Crippen LogP contribution in [0.3, 0.4) is 0 Å². The number of aromatic nitrogens is 2. The number of nitrogens with one attached hydrogen (secondary N) is 1. The van der Waals surface area contributed by atoms with Gasteiger partial charge in [-0.1, -0.05) is 26.2 Å². The van der Waals surface area contributed by atoms with Gasteiger partial charge in [0.2, 0.25) is 0 Å². The van der Waals surface area contributed by atoms with E-state index in [0.717, 1.165) is 12.3 Å². The molecule has 2 atom stereocenters. The molecule has 106 valence electrons. The van der Waals surface area contributed by atoms with Crippen LogP contribution >= 0.6 is 0 Å². The quantitative estimate of drug-likeness (QED) is 0.904. The van der Waals surface area contributed by atoms with E-state index in [2.05, 4.69) is 29.2 Å². The third kappa shape index (κ3) is 3.19. The van der Waals surface area contributed by atoms with Crippen LogP contribution in [-0.4, -0.2) is 22.4 Å². The van der Waals surface area contributed by atoms with Crippen LogP contribution in [0.5, 0.6) is 0 Å². The zero-order valence-corrected chi connectivity index (χ0v) is 12.1. The van der Waals surface area contributed by atoms with Crippen LogP contribution in [0.15, 0.2) is 12.3 Å². The fourth-order valence-corrected chi connectivity index (χ4v) is 3.65. The molecule has 2 fully saturated rings. The first-order chi connectivity index (χ1) is 9.33. The van der Waals surface area contributed by atoms with E-state index < -0.39 is 0 Å². The van der Waals surface area contributed by atoms with Gasteiger partial charge in [0, 0.05) is 18.7 Å². The van der Waals surface area contributed by atoms with Gasteiger partial charge < -0.3 is 5.32 Å². The second-order valence-electron chi connectivity index (χ2n) is 6.46. The second-order valence-corrected chi connectivity index (χ2v) is 6.46. The van der Waals surface area contributed by atoms with Crippen LogP contribution in [0.4, 0.5) is 0 Å². The van der Waals surface area contributed by atoms with Crippen molar-refractivity contribution in [3.05, 3.63) is 18.0 Å². The summed E-state index contributed by atoms with van der Waals surface area (Å²) in [5.41, 5.74) is 1.27. The van der Waals surface area contributed by atoms with Crippen molar-refractivity contribution < 1.29 is 0 Å². The molecule has 2 heterocycles. The van der Waals surface area contributed by atoms with Gasteiger partial charge in [-0.05, 0) is 44.2 Å². The molecule has 1 aliphatic heterocycles. The number of nitrogens with zero attached hydrogens (tertiary/aromatic N) is 2. The average molecular weight is 261 g/mol. The minimum atomic E-state index is 0.628. The Hall–Kier alpha value is -0.830. The van der Waals surface area contributed by atoms with Gasteiger partial charge in [0.1, 0.15) is 0 Å². The second kappa shape index (κ2) is 6.08. The summed E-state index contributed by atoms with van der Waals surface area (Å²) in [6.45, 7) is 3.55. The highest BCUT2D eigenvalue weighted by molar-refractivity contribution is 5.03. The molecule has 19 heavy (non-hydrogen) atoms. The highest BCUT2D eigenvalue weighted by Gasteiger charge is 2.22. The van der Waals surface area contributed by atoms with E-state index in [1.165, 1.54) is 57.2 Å². The van der Waals surface area contributed by atoms with Gasteiger partial charge >= 0.3 is 0 Å². The molecule has 0 radical (unpaired) electrons. The van der Waals surface area contributed by atoms with E-state index >= 15 is 0 Å². The molecule has 2 unspecified atom stereocenters. The molecular weight excluding hydrogens is 234 g/mol. The van der Waals surface area contributed by atoms with Crippen molar-refractivity contribution in [1.29, 1.82) is 0 Å². The highest BCUT2D eigenvalue weighted by Crippen LogP contribution is 2.27. The van der Waals surface area contributed by atoms with E-state index in [1.54, 1.807) is 0 Å². The Labute approximate surface area is 116 Å². The van der Waals surface area contributed by atoms with Gasteiger partial charge in [-0.3, -0.25) is 4.68 Å². The van der Waals surface area contributed by atoms with Crippen molar-refractivity contribution in [2.75, 3.05) is 6.54 Å². The molecule has 0 bridgehead atoms. The lowest BCUT2D eigenvalue weighted by Gasteiger charge is -2.29. The number of rotatable bonds is 3. The fourth-order valence-electron chi connectivity index (χ4n) is 3.65. The molecule has 0 amide bonds. The molecular formula is C16H27N3. The lowest BCUT2D eigenvalue weighted by molar-refractivity contribution is 0.293. The number of hydrogen-bond acceptors (Lipinski definition) is 2. The Bertz CT molecular complexity index is 392. The Kier molecular flexibility index (Phi) is 4.21. The largest absolute Gasteiger partial charge is 0.313 e. The normalized spacial score (nSPS) is 29.5. The Morgan fingerprint density at radius 2 is 2.05 bits per heavy atom. The van der Waals surface area contributed by atoms with E-state index in [0.29, 0.717) is 12.1 Å². The third-order valence-corrected chi connectivity index (χ3v) is 4.97. The molecule has 1 aliphatic carbocycles. The predicted octanol–water partition coefficient (Wildman–Crippen LogP) is 3.32. The average Bonchev–Trinajstić information content (AvgIpc) is 2.91. The maximum absolute atomic E-state index is 4.84. The van der Waals surface area contributed by atoms with Crippen molar-refractivity contribution >= 4 is 0 Å². The van der Waals surface area contributed by atoms with Crippen molar-refractivity contribution in [3.63, 3.8) is 0 Å².